The van der Waals surface area contributed by atoms with E-state index in [0.29, 0.717) is 0 Å². The lowest BCUT2D eigenvalue weighted by molar-refractivity contribution is 0.194. The fourth-order valence-corrected chi connectivity index (χ4v) is 0.901. The monoisotopic (exact) mass is 174 g/mol. The molecule has 0 bridgehead atoms. The minimum absolute atomic E-state index is 0.261. The molecule has 0 saturated heterocycles. The third kappa shape index (κ3) is 2.81. The van der Waals surface area contributed by atoms with Crippen molar-refractivity contribution in [3.63, 3.8) is 0 Å². The van der Waals surface area contributed by atoms with Crippen molar-refractivity contribution in [2.75, 3.05) is 13.7 Å². The van der Waals surface area contributed by atoms with Gasteiger partial charge in [-0.15, -0.1) is 0 Å². The highest BCUT2D eigenvalue weighted by Gasteiger charge is 1.96. The Morgan fingerprint density at radius 2 is 2.55 bits per heavy atom. The quantitative estimate of drug-likeness (QED) is 0.552. The third-order valence-corrected chi connectivity index (χ3v) is 1.42. The number of H-pyrrole nitrogens is 1. The van der Waals surface area contributed by atoms with Gasteiger partial charge < -0.3 is 9.26 Å². The lowest BCUT2D eigenvalue weighted by Crippen LogP contribution is -1.93. The standard InChI is InChI=1S/C6H10N2O2S/c1-9-4-2-3-5-7-6(11)10-8-5/h2-4H2,1H3,(H,7,8,11). The number of aryl methyl sites for hydroxylation is 1. The van der Waals surface area contributed by atoms with Gasteiger partial charge in [0.05, 0.1) is 0 Å². The zero-order chi connectivity index (χ0) is 8.10. The van der Waals surface area contributed by atoms with Crippen molar-refractivity contribution >= 4 is 12.2 Å². The van der Waals surface area contributed by atoms with Crippen molar-refractivity contribution in [3.05, 3.63) is 10.7 Å². The van der Waals surface area contributed by atoms with Gasteiger partial charge in [-0.2, -0.15) is 4.98 Å². The average molecular weight is 174 g/mol. The van der Waals surface area contributed by atoms with Crippen LogP contribution in [0, 0.1) is 4.84 Å². The molecule has 62 valence electrons. The number of aromatic nitrogens is 2. The van der Waals surface area contributed by atoms with E-state index in [4.69, 9.17) is 9.26 Å². The maximum absolute atomic E-state index is 4.87. The predicted molar refractivity (Wildman–Crippen MR) is 41.9 cm³/mol. The van der Waals surface area contributed by atoms with E-state index >= 15 is 0 Å². The molecule has 0 spiro atoms. The molecule has 0 amide bonds. The van der Waals surface area contributed by atoms with Crippen molar-refractivity contribution < 1.29 is 9.26 Å². The van der Waals surface area contributed by atoms with E-state index < -0.39 is 0 Å². The Kier molecular flexibility index (Phi) is 3.25. The normalized spacial score (nSPS) is 10.3. The van der Waals surface area contributed by atoms with E-state index in [2.05, 4.69) is 22.4 Å². The highest BCUT2D eigenvalue weighted by atomic mass is 32.1. The van der Waals surface area contributed by atoms with E-state index in [1.54, 1.807) is 7.11 Å². The minimum atomic E-state index is 0.261. The maximum Gasteiger partial charge on any atom is 0.314 e. The molecule has 0 aliphatic rings. The lowest BCUT2D eigenvalue weighted by atomic mass is 10.3. The van der Waals surface area contributed by atoms with Crippen LogP contribution in [-0.4, -0.2) is 23.9 Å². The summed E-state index contributed by atoms with van der Waals surface area (Å²) in [5, 5.41) is 2.62. The summed E-state index contributed by atoms with van der Waals surface area (Å²) in [6.45, 7) is 0.730. The largest absolute Gasteiger partial charge is 0.385 e. The van der Waals surface area contributed by atoms with Gasteiger partial charge in [0, 0.05) is 20.1 Å². The van der Waals surface area contributed by atoms with Crippen LogP contribution in [0.15, 0.2) is 4.52 Å². The second-order valence-corrected chi connectivity index (χ2v) is 2.47. The summed E-state index contributed by atoms with van der Waals surface area (Å²) in [5.74, 6) is 0.784. The lowest BCUT2D eigenvalue weighted by Gasteiger charge is -1.93. The molecule has 0 fully saturated rings. The molecule has 1 rings (SSSR count). The molecule has 0 radical (unpaired) electrons. The molecule has 1 aromatic heterocycles. The third-order valence-electron chi connectivity index (χ3n) is 1.24. The van der Waals surface area contributed by atoms with E-state index in [9.17, 15) is 0 Å². The van der Waals surface area contributed by atoms with Crippen LogP contribution in [-0.2, 0) is 11.2 Å². The summed E-state index contributed by atoms with van der Waals surface area (Å²) >= 11 is 4.67. The first-order valence-electron chi connectivity index (χ1n) is 3.36. The molecule has 11 heavy (non-hydrogen) atoms. The molecule has 1 aromatic rings. The van der Waals surface area contributed by atoms with Crippen LogP contribution >= 0.6 is 12.2 Å². The minimum Gasteiger partial charge on any atom is -0.385 e. The summed E-state index contributed by atoms with van der Waals surface area (Å²) in [7, 11) is 1.67. The summed E-state index contributed by atoms with van der Waals surface area (Å²) in [4.78, 5) is 4.18. The van der Waals surface area contributed by atoms with Gasteiger partial charge in [0.25, 0.3) is 0 Å². The summed E-state index contributed by atoms with van der Waals surface area (Å²) in [6, 6.07) is 0. The van der Waals surface area contributed by atoms with Gasteiger partial charge in [-0.3, -0.25) is 0 Å². The highest BCUT2D eigenvalue weighted by Crippen LogP contribution is 1.95. The molecular formula is C6H10N2O2S. The van der Waals surface area contributed by atoms with Crippen LogP contribution in [0.5, 0.6) is 0 Å². The second-order valence-electron chi connectivity index (χ2n) is 2.12. The second kappa shape index (κ2) is 4.25. The van der Waals surface area contributed by atoms with Crippen LogP contribution in [0.2, 0.25) is 0 Å². The Morgan fingerprint density at radius 1 is 1.73 bits per heavy atom. The van der Waals surface area contributed by atoms with Gasteiger partial charge in [-0.1, -0.05) is 0 Å². The smallest absolute Gasteiger partial charge is 0.314 e. The number of hydrogen-bond donors (Lipinski definition) is 1. The fourth-order valence-electron chi connectivity index (χ4n) is 0.749. The molecule has 0 atom stereocenters. The Hall–Kier alpha value is -0.680. The summed E-state index contributed by atoms with van der Waals surface area (Å²) < 4.78 is 9.61. The Balaban J connectivity index is 2.33. The number of nitrogens with one attached hydrogen (secondary N) is 1. The highest BCUT2D eigenvalue weighted by molar-refractivity contribution is 7.71. The molecule has 0 aliphatic carbocycles. The SMILES string of the molecule is COCCCc1nc(=S)o[nH]1. The number of aromatic amines is 1. The van der Waals surface area contributed by atoms with Crippen LogP contribution in [0.4, 0.5) is 0 Å². The topological polar surface area (TPSA) is 51.1 Å². The van der Waals surface area contributed by atoms with Gasteiger partial charge in [-0.25, -0.2) is 5.16 Å². The number of methoxy groups -OCH3 is 1. The molecule has 0 unspecified atom stereocenters. The van der Waals surface area contributed by atoms with Crippen LogP contribution < -0.4 is 0 Å². The van der Waals surface area contributed by atoms with Crippen molar-refractivity contribution in [3.8, 4) is 0 Å². The summed E-state index contributed by atoms with van der Waals surface area (Å²) in [6.07, 6.45) is 1.74. The van der Waals surface area contributed by atoms with E-state index in [-0.39, 0.29) is 4.84 Å². The molecule has 0 aliphatic heterocycles. The Morgan fingerprint density at radius 3 is 3.09 bits per heavy atom. The molecular weight excluding hydrogens is 164 g/mol. The molecule has 1 heterocycles. The van der Waals surface area contributed by atoms with Crippen molar-refractivity contribution in [1.29, 1.82) is 0 Å². The van der Waals surface area contributed by atoms with Gasteiger partial charge in [0.15, 0.2) is 0 Å². The number of ether oxygens (including phenoxy) is 1. The Bertz CT molecular complexity index is 255. The van der Waals surface area contributed by atoms with Gasteiger partial charge in [0.2, 0.25) is 0 Å². The molecule has 4 nitrogen and oxygen atoms in total. The van der Waals surface area contributed by atoms with Crippen molar-refractivity contribution in [2.24, 2.45) is 0 Å². The zero-order valence-electron chi connectivity index (χ0n) is 6.29. The molecule has 0 saturated carbocycles. The molecule has 5 heteroatoms. The predicted octanol–water partition coefficient (Wildman–Crippen LogP) is 1.31. The maximum atomic E-state index is 4.87. The zero-order valence-corrected chi connectivity index (χ0v) is 7.11. The number of nitrogens with zero attached hydrogens (tertiary/aromatic N) is 1. The average Bonchev–Trinajstić information content (AvgIpc) is 2.37. The van der Waals surface area contributed by atoms with E-state index in [1.165, 1.54) is 0 Å². The Labute approximate surface area is 69.5 Å². The van der Waals surface area contributed by atoms with Gasteiger partial charge in [-0.05, 0) is 18.6 Å². The van der Waals surface area contributed by atoms with E-state index in [0.717, 1.165) is 25.3 Å². The van der Waals surface area contributed by atoms with E-state index in [1.807, 2.05) is 0 Å². The van der Waals surface area contributed by atoms with Crippen LogP contribution in [0.1, 0.15) is 12.2 Å². The molecule has 1 N–H and O–H groups in total. The van der Waals surface area contributed by atoms with Crippen LogP contribution in [0.25, 0.3) is 0 Å². The first-order valence-corrected chi connectivity index (χ1v) is 3.77. The summed E-state index contributed by atoms with van der Waals surface area (Å²) in [5.41, 5.74) is 0. The molecule has 0 aromatic carbocycles. The van der Waals surface area contributed by atoms with Crippen LogP contribution in [0.3, 0.4) is 0 Å². The van der Waals surface area contributed by atoms with Crippen molar-refractivity contribution in [2.45, 2.75) is 12.8 Å². The van der Waals surface area contributed by atoms with Crippen molar-refractivity contribution in [1.82, 2.24) is 10.1 Å². The first-order chi connectivity index (χ1) is 5.33. The number of hydrogen-bond acceptors (Lipinski definition) is 4. The first kappa shape index (κ1) is 8.42. The van der Waals surface area contributed by atoms with Gasteiger partial charge in [0.1, 0.15) is 5.82 Å². The van der Waals surface area contributed by atoms with Gasteiger partial charge >= 0.3 is 4.84 Å². The fraction of sp³-hybridized carbons (Fsp3) is 0.667. The number of rotatable bonds is 4.